The fourth-order valence-electron chi connectivity index (χ4n) is 6.85. The highest BCUT2D eigenvalue weighted by Crippen LogP contribution is 2.36. The van der Waals surface area contributed by atoms with E-state index in [1.807, 2.05) is 24.4 Å². The molecule has 7 aromatic carbocycles. The van der Waals surface area contributed by atoms with Crippen molar-refractivity contribution in [2.24, 2.45) is 0 Å². The van der Waals surface area contributed by atoms with E-state index in [0.29, 0.717) is 5.82 Å². The minimum Gasteiger partial charge on any atom is -0.264 e. The Bertz CT molecular complexity index is 2620. The molecule has 0 aliphatic heterocycles. The molecule has 0 radical (unpaired) electrons. The Morgan fingerprint density at radius 2 is 0.731 bits per heavy atom. The van der Waals surface area contributed by atoms with Crippen molar-refractivity contribution in [1.82, 2.24) is 15.0 Å². The maximum absolute atomic E-state index is 5.28. The molecule has 0 unspecified atom stereocenters. The maximum Gasteiger partial charge on any atom is 0.160 e. The highest BCUT2D eigenvalue weighted by atomic mass is 14.9. The Morgan fingerprint density at radius 1 is 0.288 bits per heavy atom. The van der Waals surface area contributed by atoms with Gasteiger partial charge in [0.1, 0.15) is 0 Å². The van der Waals surface area contributed by atoms with Crippen LogP contribution in [0.25, 0.3) is 89.2 Å². The van der Waals surface area contributed by atoms with Crippen molar-refractivity contribution in [2.75, 3.05) is 0 Å². The zero-order valence-electron chi connectivity index (χ0n) is 28.4. The first-order valence-corrected chi connectivity index (χ1v) is 17.5. The number of pyridine rings is 1. The van der Waals surface area contributed by atoms with Gasteiger partial charge in [-0.15, -0.1) is 0 Å². The summed E-state index contributed by atoms with van der Waals surface area (Å²) in [6, 6.07) is 66.2. The third-order valence-corrected chi connectivity index (χ3v) is 9.58. The van der Waals surface area contributed by atoms with Crippen molar-refractivity contribution in [2.45, 2.75) is 0 Å². The van der Waals surface area contributed by atoms with E-state index >= 15 is 0 Å². The van der Waals surface area contributed by atoms with Crippen LogP contribution in [-0.4, -0.2) is 15.0 Å². The molecule has 0 bridgehead atoms. The summed E-state index contributed by atoms with van der Waals surface area (Å²) < 4.78 is 0. The highest BCUT2D eigenvalue weighted by molar-refractivity contribution is 5.96. The van der Waals surface area contributed by atoms with Crippen LogP contribution in [0.5, 0.6) is 0 Å². The summed E-state index contributed by atoms with van der Waals surface area (Å²) in [6.45, 7) is 0. The first-order chi connectivity index (χ1) is 25.7. The Kier molecular flexibility index (Phi) is 8.20. The molecule has 0 saturated carbocycles. The zero-order valence-corrected chi connectivity index (χ0v) is 28.4. The van der Waals surface area contributed by atoms with Crippen molar-refractivity contribution >= 4 is 10.9 Å². The van der Waals surface area contributed by atoms with E-state index in [1.54, 1.807) is 6.20 Å². The first kappa shape index (κ1) is 31.0. The van der Waals surface area contributed by atoms with Gasteiger partial charge in [-0.05, 0) is 92.0 Å². The third-order valence-electron chi connectivity index (χ3n) is 9.58. The molecule has 0 N–H and O–H groups in total. The van der Waals surface area contributed by atoms with Crippen LogP contribution in [0.15, 0.2) is 200 Å². The van der Waals surface area contributed by atoms with Crippen molar-refractivity contribution in [3.05, 3.63) is 200 Å². The number of nitrogens with zero attached hydrogens (tertiary/aromatic N) is 3. The van der Waals surface area contributed by atoms with Gasteiger partial charge in [0.2, 0.25) is 0 Å². The van der Waals surface area contributed by atoms with Gasteiger partial charge in [-0.25, -0.2) is 9.97 Å². The van der Waals surface area contributed by atoms with Gasteiger partial charge in [-0.1, -0.05) is 152 Å². The Morgan fingerprint density at radius 3 is 1.29 bits per heavy atom. The molecule has 9 rings (SSSR count). The zero-order chi connectivity index (χ0) is 34.7. The van der Waals surface area contributed by atoms with Crippen LogP contribution in [0, 0.1) is 0 Å². The van der Waals surface area contributed by atoms with Crippen LogP contribution in [0.3, 0.4) is 0 Å². The summed E-state index contributed by atoms with van der Waals surface area (Å²) in [4.78, 5) is 14.8. The van der Waals surface area contributed by atoms with E-state index in [4.69, 9.17) is 9.97 Å². The van der Waals surface area contributed by atoms with E-state index in [2.05, 4.69) is 175 Å². The standard InChI is InChI=1S/C49H33N3/c1-4-11-34(12-5-1)41-26-27-46-47(32-41)51-49(52-48(46)40-15-8-3-9-16-40)45-30-43(35-13-6-2-7-14-35)29-44(31-45)39-24-20-37(21-25-39)36-18-22-38(23-19-36)42-17-10-28-50-33-42/h1-33H. The van der Waals surface area contributed by atoms with E-state index < -0.39 is 0 Å². The van der Waals surface area contributed by atoms with Gasteiger partial charge in [0, 0.05) is 28.9 Å². The predicted octanol–water partition coefficient (Wildman–Crippen LogP) is 12.7. The average Bonchev–Trinajstić information content (AvgIpc) is 3.24. The lowest BCUT2D eigenvalue weighted by Crippen LogP contribution is -1.96. The summed E-state index contributed by atoms with van der Waals surface area (Å²) in [5, 5.41) is 1.03. The summed E-state index contributed by atoms with van der Waals surface area (Å²) in [5.74, 6) is 0.695. The average molecular weight is 664 g/mol. The lowest BCUT2D eigenvalue weighted by molar-refractivity contribution is 1.23. The molecule has 0 saturated heterocycles. The second kappa shape index (κ2) is 13.7. The molecule has 0 amide bonds. The van der Waals surface area contributed by atoms with Crippen LogP contribution in [-0.2, 0) is 0 Å². The fourth-order valence-corrected chi connectivity index (χ4v) is 6.85. The summed E-state index contributed by atoms with van der Waals surface area (Å²) >= 11 is 0. The molecule has 2 heterocycles. The van der Waals surface area contributed by atoms with Crippen LogP contribution in [0.4, 0.5) is 0 Å². The second-order valence-electron chi connectivity index (χ2n) is 12.9. The lowest BCUT2D eigenvalue weighted by Gasteiger charge is -2.14. The van der Waals surface area contributed by atoms with Crippen LogP contribution in [0.1, 0.15) is 0 Å². The van der Waals surface area contributed by atoms with Crippen molar-refractivity contribution < 1.29 is 0 Å². The second-order valence-corrected chi connectivity index (χ2v) is 12.9. The van der Waals surface area contributed by atoms with E-state index in [1.165, 1.54) is 11.1 Å². The molecule has 244 valence electrons. The molecule has 3 nitrogen and oxygen atoms in total. The summed E-state index contributed by atoms with van der Waals surface area (Å²) in [6.07, 6.45) is 3.70. The SMILES string of the molecule is c1ccc(-c2cc(-c3ccc(-c4ccc(-c5cccnc5)cc4)cc3)cc(-c3nc(-c4ccccc4)c4ccc(-c5ccccc5)cc4n3)c2)cc1. The minimum absolute atomic E-state index is 0.695. The number of fused-ring (bicyclic) bond motifs is 1. The van der Waals surface area contributed by atoms with Gasteiger partial charge in [0.25, 0.3) is 0 Å². The number of benzene rings is 7. The highest BCUT2D eigenvalue weighted by Gasteiger charge is 2.15. The predicted molar refractivity (Wildman–Crippen MR) is 215 cm³/mol. The molecular weight excluding hydrogens is 631 g/mol. The Balaban J connectivity index is 1.15. The van der Waals surface area contributed by atoms with Crippen LogP contribution < -0.4 is 0 Å². The van der Waals surface area contributed by atoms with Crippen molar-refractivity contribution in [3.63, 3.8) is 0 Å². The number of aromatic nitrogens is 3. The third kappa shape index (κ3) is 6.28. The molecule has 52 heavy (non-hydrogen) atoms. The monoisotopic (exact) mass is 663 g/mol. The molecular formula is C49H33N3. The smallest absolute Gasteiger partial charge is 0.160 e. The van der Waals surface area contributed by atoms with Crippen LogP contribution in [0.2, 0.25) is 0 Å². The lowest BCUT2D eigenvalue weighted by atomic mass is 9.94. The van der Waals surface area contributed by atoms with Gasteiger partial charge < -0.3 is 0 Å². The first-order valence-electron chi connectivity index (χ1n) is 17.5. The Hall–Kier alpha value is -6.97. The maximum atomic E-state index is 5.28. The van der Waals surface area contributed by atoms with E-state index in [9.17, 15) is 0 Å². The van der Waals surface area contributed by atoms with E-state index in [-0.39, 0.29) is 0 Å². The van der Waals surface area contributed by atoms with Gasteiger partial charge >= 0.3 is 0 Å². The summed E-state index contributed by atoms with van der Waals surface area (Å²) in [5.41, 5.74) is 15.3. The molecule has 0 fully saturated rings. The number of rotatable bonds is 7. The van der Waals surface area contributed by atoms with Crippen LogP contribution >= 0.6 is 0 Å². The number of hydrogen-bond donors (Lipinski definition) is 0. The molecule has 9 aromatic rings. The normalized spacial score (nSPS) is 11.1. The molecule has 3 heteroatoms. The molecule has 0 aliphatic carbocycles. The van der Waals surface area contributed by atoms with Crippen molar-refractivity contribution in [1.29, 1.82) is 0 Å². The molecule has 0 atom stereocenters. The summed E-state index contributed by atoms with van der Waals surface area (Å²) in [7, 11) is 0. The molecule has 0 aliphatic rings. The quantitative estimate of drug-likeness (QED) is 0.170. The molecule has 0 spiro atoms. The number of hydrogen-bond acceptors (Lipinski definition) is 3. The minimum atomic E-state index is 0.695. The van der Waals surface area contributed by atoms with Gasteiger partial charge in [-0.3, -0.25) is 4.98 Å². The fraction of sp³-hybridized carbons (Fsp3) is 0. The Labute approximate surface area is 303 Å². The van der Waals surface area contributed by atoms with Gasteiger partial charge in [-0.2, -0.15) is 0 Å². The van der Waals surface area contributed by atoms with E-state index in [0.717, 1.165) is 72.2 Å². The largest absolute Gasteiger partial charge is 0.264 e. The van der Waals surface area contributed by atoms with Crippen molar-refractivity contribution in [3.8, 4) is 78.3 Å². The topological polar surface area (TPSA) is 38.7 Å². The molecule has 2 aromatic heterocycles. The van der Waals surface area contributed by atoms with Gasteiger partial charge in [0.15, 0.2) is 5.82 Å². The van der Waals surface area contributed by atoms with Gasteiger partial charge in [0.05, 0.1) is 11.2 Å².